The summed E-state index contributed by atoms with van der Waals surface area (Å²) in [6.45, 7) is -1.52. The number of imidazole rings is 1. The zero-order valence-corrected chi connectivity index (χ0v) is 12.0. The molecule has 1 aliphatic heterocycles. The number of esters is 1. The fourth-order valence-electron chi connectivity index (χ4n) is 2.19. The van der Waals surface area contributed by atoms with Crippen molar-refractivity contribution in [3.05, 3.63) is 18.2 Å². The molecule has 2 rings (SSSR count). The van der Waals surface area contributed by atoms with Crippen LogP contribution in [-0.4, -0.2) is 51.6 Å². The first kappa shape index (κ1) is 15.2. The Morgan fingerprint density at radius 3 is 3.15 bits per heavy atom. The lowest BCUT2D eigenvalue weighted by molar-refractivity contribution is -0.142. The molecule has 2 heterocycles. The van der Waals surface area contributed by atoms with Gasteiger partial charge in [0.05, 0.1) is 20.1 Å². The Balaban J connectivity index is 2.04. The summed E-state index contributed by atoms with van der Waals surface area (Å²) in [5, 5.41) is 0. The second-order valence-corrected chi connectivity index (χ2v) is 5.66. The van der Waals surface area contributed by atoms with Gasteiger partial charge in [0.1, 0.15) is 5.82 Å². The zero-order valence-electron chi connectivity index (χ0n) is 11.2. The maximum atomic E-state index is 12.8. The van der Waals surface area contributed by atoms with E-state index in [2.05, 4.69) is 9.72 Å². The van der Waals surface area contributed by atoms with E-state index in [9.17, 15) is 13.6 Å². The van der Waals surface area contributed by atoms with Crippen LogP contribution in [-0.2, 0) is 16.1 Å². The van der Waals surface area contributed by atoms with Gasteiger partial charge >= 0.3 is 12.5 Å². The molecular formula is C12H17F2N3O2S. The van der Waals surface area contributed by atoms with Crippen molar-refractivity contribution in [2.24, 2.45) is 0 Å². The van der Waals surface area contributed by atoms with E-state index in [1.807, 2.05) is 4.90 Å². The first-order valence-electron chi connectivity index (χ1n) is 6.30. The molecule has 1 saturated heterocycles. The highest BCUT2D eigenvalue weighted by atomic mass is 32.2. The van der Waals surface area contributed by atoms with Crippen molar-refractivity contribution < 1.29 is 18.3 Å². The Bertz CT molecular complexity index is 456. The van der Waals surface area contributed by atoms with Crippen LogP contribution >= 0.6 is 11.8 Å². The fraction of sp³-hybridized carbons (Fsp3) is 0.667. The van der Waals surface area contributed by atoms with Gasteiger partial charge in [-0.3, -0.25) is 14.3 Å². The lowest BCUT2D eigenvalue weighted by atomic mass is 10.2. The number of carbonyl (C=O) groups excluding carboxylic acids is 1. The normalized spacial score (nSPS) is 20.3. The highest BCUT2D eigenvalue weighted by molar-refractivity contribution is 7.99. The molecule has 0 aliphatic carbocycles. The van der Waals surface area contributed by atoms with Crippen LogP contribution in [0.3, 0.4) is 0 Å². The number of rotatable bonds is 5. The van der Waals surface area contributed by atoms with Crippen LogP contribution in [0.25, 0.3) is 0 Å². The summed E-state index contributed by atoms with van der Waals surface area (Å²) in [6, 6.07) is 0.00372. The number of thioether (sulfide) groups is 1. The van der Waals surface area contributed by atoms with Gasteiger partial charge in [0.25, 0.3) is 0 Å². The smallest absolute Gasteiger partial charge is 0.319 e. The van der Waals surface area contributed by atoms with E-state index in [0.717, 1.165) is 22.6 Å². The molecule has 20 heavy (non-hydrogen) atoms. The molecule has 1 atom stereocenters. The molecule has 112 valence electrons. The van der Waals surface area contributed by atoms with E-state index in [0.29, 0.717) is 12.4 Å². The van der Waals surface area contributed by atoms with Crippen molar-refractivity contribution in [1.29, 1.82) is 0 Å². The lowest BCUT2D eigenvalue weighted by Crippen LogP contribution is -2.43. The van der Waals surface area contributed by atoms with Crippen LogP contribution in [0.2, 0.25) is 0 Å². The molecule has 0 radical (unpaired) electrons. The Kier molecular flexibility index (Phi) is 5.36. The summed E-state index contributed by atoms with van der Waals surface area (Å²) in [5.41, 5.74) is 0. The fourth-order valence-corrected chi connectivity index (χ4v) is 3.32. The predicted octanol–water partition coefficient (Wildman–Crippen LogP) is 1.76. The van der Waals surface area contributed by atoms with Crippen LogP contribution in [0, 0.1) is 0 Å². The molecule has 1 unspecified atom stereocenters. The van der Waals surface area contributed by atoms with Gasteiger partial charge in [0.15, 0.2) is 0 Å². The molecule has 0 aromatic carbocycles. The minimum atomic E-state index is -2.59. The number of methoxy groups -OCH3 is 1. The predicted molar refractivity (Wildman–Crippen MR) is 71.6 cm³/mol. The summed E-state index contributed by atoms with van der Waals surface area (Å²) in [5.74, 6) is 1.76. The Morgan fingerprint density at radius 2 is 2.45 bits per heavy atom. The highest BCUT2D eigenvalue weighted by Crippen LogP contribution is 2.22. The molecule has 1 aromatic heterocycles. The maximum absolute atomic E-state index is 12.8. The number of carbonyl (C=O) groups is 1. The van der Waals surface area contributed by atoms with E-state index in [1.165, 1.54) is 19.5 Å². The second-order valence-electron chi connectivity index (χ2n) is 4.51. The topological polar surface area (TPSA) is 47.4 Å². The summed E-state index contributed by atoms with van der Waals surface area (Å²) in [4.78, 5) is 17.4. The second kappa shape index (κ2) is 7.03. The Labute approximate surface area is 120 Å². The summed E-state index contributed by atoms with van der Waals surface area (Å²) >= 11 is 1.76. The van der Waals surface area contributed by atoms with Crippen molar-refractivity contribution in [3.63, 3.8) is 0 Å². The van der Waals surface area contributed by atoms with E-state index in [4.69, 9.17) is 0 Å². The number of aromatic nitrogens is 2. The van der Waals surface area contributed by atoms with Gasteiger partial charge in [-0.05, 0) is 0 Å². The molecule has 8 heteroatoms. The largest absolute Gasteiger partial charge is 0.469 e. The third kappa shape index (κ3) is 3.69. The molecule has 1 aromatic rings. The molecule has 1 aliphatic rings. The summed E-state index contributed by atoms with van der Waals surface area (Å²) in [7, 11) is 1.35. The van der Waals surface area contributed by atoms with Crippen molar-refractivity contribution in [2.75, 3.05) is 25.2 Å². The van der Waals surface area contributed by atoms with E-state index in [1.54, 1.807) is 11.8 Å². The maximum Gasteiger partial charge on any atom is 0.319 e. The van der Waals surface area contributed by atoms with Crippen LogP contribution in [0.5, 0.6) is 0 Å². The summed E-state index contributed by atoms with van der Waals surface area (Å²) in [6.07, 6.45) is 2.92. The van der Waals surface area contributed by atoms with Crippen molar-refractivity contribution in [3.8, 4) is 0 Å². The van der Waals surface area contributed by atoms with Gasteiger partial charge in [-0.15, -0.1) is 0 Å². The summed E-state index contributed by atoms with van der Waals surface area (Å²) < 4.78 is 31.1. The first-order chi connectivity index (χ1) is 9.61. The Morgan fingerprint density at radius 1 is 1.65 bits per heavy atom. The van der Waals surface area contributed by atoms with Gasteiger partial charge in [-0.2, -0.15) is 20.5 Å². The van der Waals surface area contributed by atoms with E-state index >= 15 is 0 Å². The van der Waals surface area contributed by atoms with E-state index < -0.39 is 6.55 Å². The molecule has 0 amide bonds. The minimum absolute atomic E-state index is 0.00372. The number of ether oxygens (including phenoxy) is 1. The first-order valence-corrected chi connectivity index (χ1v) is 7.45. The average Bonchev–Trinajstić information content (AvgIpc) is 2.89. The molecule has 0 saturated carbocycles. The zero-order chi connectivity index (χ0) is 14.5. The molecule has 0 spiro atoms. The van der Waals surface area contributed by atoms with Gasteiger partial charge in [0.2, 0.25) is 0 Å². The number of alkyl halides is 2. The number of hydrogen-bond acceptors (Lipinski definition) is 5. The van der Waals surface area contributed by atoms with Crippen LogP contribution in [0.4, 0.5) is 8.78 Å². The van der Waals surface area contributed by atoms with Gasteiger partial charge in [-0.1, -0.05) is 0 Å². The third-order valence-corrected chi connectivity index (χ3v) is 4.37. The van der Waals surface area contributed by atoms with Crippen molar-refractivity contribution in [2.45, 2.75) is 25.6 Å². The lowest BCUT2D eigenvalue weighted by Gasteiger charge is -2.34. The number of hydrogen-bond donors (Lipinski definition) is 0. The van der Waals surface area contributed by atoms with Crippen LogP contribution < -0.4 is 0 Å². The van der Waals surface area contributed by atoms with Crippen LogP contribution in [0.1, 0.15) is 18.8 Å². The van der Waals surface area contributed by atoms with Crippen molar-refractivity contribution >= 4 is 17.7 Å². The van der Waals surface area contributed by atoms with Gasteiger partial charge < -0.3 is 4.74 Å². The molecule has 1 fully saturated rings. The van der Waals surface area contributed by atoms with Gasteiger partial charge in [-0.25, -0.2) is 4.98 Å². The molecule has 0 N–H and O–H groups in total. The monoisotopic (exact) mass is 305 g/mol. The number of nitrogens with zero attached hydrogens (tertiary/aromatic N) is 3. The number of halogens is 2. The minimum Gasteiger partial charge on any atom is -0.469 e. The standard InChI is InChI=1S/C12H17F2N3O2S/c1-19-11(18)6-9-8-20-5-4-16(9)7-10-15-2-3-17(10)12(13)14/h2-3,9,12H,4-8H2,1H3. The SMILES string of the molecule is COC(=O)CC1CSCCN1Cc1nccn1C(F)F. The van der Waals surface area contributed by atoms with E-state index in [-0.39, 0.29) is 18.4 Å². The molecule has 0 bridgehead atoms. The highest BCUT2D eigenvalue weighted by Gasteiger charge is 2.27. The van der Waals surface area contributed by atoms with Gasteiger partial charge in [0, 0.05) is 36.5 Å². The molecule has 5 nitrogen and oxygen atoms in total. The molecular weight excluding hydrogens is 288 g/mol. The van der Waals surface area contributed by atoms with Crippen molar-refractivity contribution in [1.82, 2.24) is 14.5 Å². The average molecular weight is 305 g/mol. The third-order valence-electron chi connectivity index (χ3n) is 3.28. The van der Waals surface area contributed by atoms with Crippen LogP contribution in [0.15, 0.2) is 12.4 Å². The Hall–Kier alpha value is -1.15. The quantitative estimate of drug-likeness (QED) is 0.776.